The van der Waals surface area contributed by atoms with Gasteiger partial charge in [-0.3, -0.25) is 4.79 Å². The molecule has 0 bridgehead atoms. The van der Waals surface area contributed by atoms with Gasteiger partial charge in [0, 0.05) is 11.0 Å². The summed E-state index contributed by atoms with van der Waals surface area (Å²) in [7, 11) is 0. The fourth-order valence-electron chi connectivity index (χ4n) is 1.74. The number of para-hydroxylation sites is 1. The van der Waals surface area contributed by atoms with E-state index >= 15 is 0 Å². The van der Waals surface area contributed by atoms with E-state index in [4.69, 9.17) is 4.74 Å². The summed E-state index contributed by atoms with van der Waals surface area (Å²) < 4.78 is 10.2. The predicted molar refractivity (Wildman–Crippen MR) is 71.9 cm³/mol. The molecule has 3 rings (SSSR count). The zero-order valence-electron chi connectivity index (χ0n) is 9.09. The minimum Gasteiger partial charge on any atom is -0.487 e. The molecule has 0 N–H and O–H groups in total. The standard InChI is InChI=1S/C12H7BrN2O2S/c13-10-3-1-2-9-11(16)7(5-17-12(9)10)4-8-6-18-15-14-8/h1-4,6H,5H2/b7-4+. The van der Waals surface area contributed by atoms with Crippen molar-refractivity contribution in [2.75, 3.05) is 6.61 Å². The maximum atomic E-state index is 12.3. The molecule has 0 fully saturated rings. The first kappa shape index (κ1) is 11.6. The Morgan fingerprint density at radius 2 is 2.33 bits per heavy atom. The summed E-state index contributed by atoms with van der Waals surface area (Å²) in [6.07, 6.45) is 1.72. The van der Waals surface area contributed by atoms with Crippen LogP contribution in [0.2, 0.25) is 0 Å². The van der Waals surface area contributed by atoms with E-state index in [0.29, 0.717) is 22.6 Å². The molecule has 0 atom stereocenters. The van der Waals surface area contributed by atoms with Crippen molar-refractivity contribution in [2.45, 2.75) is 0 Å². The lowest BCUT2D eigenvalue weighted by molar-refractivity contribution is 0.100. The maximum Gasteiger partial charge on any atom is 0.196 e. The first-order chi connectivity index (χ1) is 8.75. The first-order valence-electron chi connectivity index (χ1n) is 5.19. The average molecular weight is 323 g/mol. The number of halogens is 1. The van der Waals surface area contributed by atoms with Crippen molar-refractivity contribution in [3.05, 3.63) is 44.9 Å². The predicted octanol–water partition coefficient (Wildman–Crippen LogP) is 2.96. The van der Waals surface area contributed by atoms with Crippen LogP contribution in [0, 0.1) is 0 Å². The molecule has 18 heavy (non-hydrogen) atoms. The highest BCUT2D eigenvalue weighted by molar-refractivity contribution is 9.10. The number of carbonyl (C=O) groups excluding carboxylic acids is 1. The third kappa shape index (κ3) is 1.97. The largest absolute Gasteiger partial charge is 0.487 e. The molecular formula is C12H7BrN2O2S. The van der Waals surface area contributed by atoms with E-state index in [1.807, 2.05) is 12.1 Å². The molecule has 0 amide bonds. The Balaban J connectivity index is 2.02. The highest BCUT2D eigenvalue weighted by atomic mass is 79.9. The van der Waals surface area contributed by atoms with Gasteiger partial charge in [-0.1, -0.05) is 10.6 Å². The van der Waals surface area contributed by atoms with Crippen LogP contribution in [0.4, 0.5) is 0 Å². The minimum atomic E-state index is -0.0226. The highest BCUT2D eigenvalue weighted by Crippen LogP contribution is 2.34. The van der Waals surface area contributed by atoms with Gasteiger partial charge in [-0.05, 0) is 45.7 Å². The molecular weight excluding hydrogens is 316 g/mol. The minimum absolute atomic E-state index is 0.0226. The lowest BCUT2D eigenvalue weighted by atomic mass is 10.00. The third-order valence-corrected chi connectivity index (χ3v) is 3.72. The van der Waals surface area contributed by atoms with Crippen LogP contribution < -0.4 is 4.74 Å². The van der Waals surface area contributed by atoms with Crippen LogP contribution in [-0.2, 0) is 0 Å². The molecule has 0 radical (unpaired) electrons. The summed E-state index contributed by atoms with van der Waals surface area (Å²) in [5, 5.41) is 5.68. The van der Waals surface area contributed by atoms with Crippen LogP contribution in [-0.4, -0.2) is 22.0 Å². The smallest absolute Gasteiger partial charge is 0.196 e. The number of ketones is 1. The van der Waals surface area contributed by atoms with Crippen LogP contribution in [0.1, 0.15) is 16.1 Å². The van der Waals surface area contributed by atoms with Crippen molar-refractivity contribution in [1.29, 1.82) is 0 Å². The Bertz CT molecular complexity index is 638. The van der Waals surface area contributed by atoms with Crippen LogP contribution >= 0.6 is 27.5 Å². The number of nitrogens with zero attached hydrogens (tertiary/aromatic N) is 2. The Kier molecular flexibility index (Phi) is 2.97. The van der Waals surface area contributed by atoms with E-state index in [1.54, 1.807) is 17.5 Å². The Morgan fingerprint density at radius 1 is 1.44 bits per heavy atom. The maximum absolute atomic E-state index is 12.3. The summed E-state index contributed by atoms with van der Waals surface area (Å²) in [6, 6.07) is 5.43. The number of benzene rings is 1. The molecule has 2 heterocycles. The van der Waals surface area contributed by atoms with Gasteiger partial charge in [-0.2, -0.15) is 0 Å². The highest BCUT2D eigenvalue weighted by Gasteiger charge is 2.24. The number of fused-ring (bicyclic) bond motifs is 1. The summed E-state index contributed by atoms with van der Waals surface area (Å²) in [5.41, 5.74) is 1.85. The number of Topliss-reactive ketones (excluding diaryl/α,β-unsaturated/α-hetero) is 1. The van der Waals surface area contributed by atoms with E-state index < -0.39 is 0 Å². The number of carbonyl (C=O) groups is 1. The van der Waals surface area contributed by atoms with Gasteiger partial charge in [0.15, 0.2) is 5.78 Å². The fraction of sp³-hybridized carbons (Fsp3) is 0.0833. The van der Waals surface area contributed by atoms with E-state index in [-0.39, 0.29) is 12.4 Å². The van der Waals surface area contributed by atoms with Gasteiger partial charge in [-0.15, -0.1) is 5.10 Å². The van der Waals surface area contributed by atoms with Crippen LogP contribution in [0.3, 0.4) is 0 Å². The summed E-state index contributed by atoms with van der Waals surface area (Å²) in [5.74, 6) is 0.585. The van der Waals surface area contributed by atoms with Crippen molar-refractivity contribution in [2.24, 2.45) is 0 Å². The molecule has 2 aromatic rings. The molecule has 0 aliphatic carbocycles. The Morgan fingerprint density at radius 3 is 3.11 bits per heavy atom. The van der Waals surface area contributed by atoms with Gasteiger partial charge < -0.3 is 4.74 Å². The third-order valence-electron chi connectivity index (χ3n) is 2.57. The van der Waals surface area contributed by atoms with Gasteiger partial charge in [0.2, 0.25) is 0 Å². The molecule has 0 unspecified atom stereocenters. The van der Waals surface area contributed by atoms with Gasteiger partial charge in [0.1, 0.15) is 12.4 Å². The van der Waals surface area contributed by atoms with Crippen molar-refractivity contribution in [3.63, 3.8) is 0 Å². The van der Waals surface area contributed by atoms with Gasteiger partial charge in [0.05, 0.1) is 15.7 Å². The summed E-state index contributed by atoms with van der Waals surface area (Å²) in [4.78, 5) is 12.3. The van der Waals surface area contributed by atoms with Gasteiger partial charge in [0.25, 0.3) is 0 Å². The lowest BCUT2D eigenvalue weighted by Crippen LogP contribution is -2.19. The fourth-order valence-corrected chi connectivity index (χ4v) is 2.64. The molecule has 1 aromatic carbocycles. The lowest BCUT2D eigenvalue weighted by Gasteiger charge is -2.19. The molecule has 0 spiro atoms. The van der Waals surface area contributed by atoms with Crippen molar-refractivity contribution < 1.29 is 9.53 Å². The normalized spacial score (nSPS) is 16.5. The summed E-state index contributed by atoms with van der Waals surface area (Å²) in [6.45, 7) is 0.256. The van der Waals surface area contributed by atoms with Crippen molar-refractivity contribution in [3.8, 4) is 5.75 Å². The molecule has 1 aromatic heterocycles. The van der Waals surface area contributed by atoms with E-state index in [1.165, 1.54) is 11.5 Å². The molecule has 4 nitrogen and oxygen atoms in total. The van der Waals surface area contributed by atoms with E-state index in [2.05, 4.69) is 25.5 Å². The van der Waals surface area contributed by atoms with Crippen molar-refractivity contribution >= 4 is 39.3 Å². The first-order valence-corrected chi connectivity index (χ1v) is 6.82. The number of ether oxygens (including phenoxy) is 1. The second kappa shape index (κ2) is 4.62. The van der Waals surface area contributed by atoms with Crippen LogP contribution in [0.25, 0.3) is 6.08 Å². The second-order valence-corrected chi connectivity index (χ2v) is 5.20. The zero-order chi connectivity index (χ0) is 12.5. The van der Waals surface area contributed by atoms with E-state index in [9.17, 15) is 4.79 Å². The molecule has 1 aliphatic rings. The SMILES string of the molecule is O=C1/C(=C/c2csnn2)COc2c(Br)cccc21. The Labute approximate surface area is 116 Å². The molecule has 6 heteroatoms. The quantitative estimate of drug-likeness (QED) is 0.757. The molecule has 0 saturated heterocycles. The van der Waals surface area contributed by atoms with Gasteiger partial charge in [-0.25, -0.2) is 0 Å². The topological polar surface area (TPSA) is 52.1 Å². The summed E-state index contributed by atoms with van der Waals surface area (Å²) >= 11 is 4.62. The monoisotopic (exact) mass is 322 g/mol. The number of hydrogen-bond donors (Lipinski definition) is 0. The van der Waals surface area contributed by atoms with E-state index in [0.717, 1.165) is 4.47 Å². The van der Waals surface area contributed by atoms with Gasteiger partial charge >= 0.3 is 0 Å². The van der Waals surface area contributed by atoms with Crippen molar-refractivity contribution in [1.82, 2.24) is 9.59 Å². The molecule has 1 aliphatic heterocycles. The average Bonchev–Trinajstić information content (AvgIpc) is 2.86. The number of aromatic nitrogens is 2. The molecule has 0 saturated carbocycles. The molecule has 90 valence electrons. The zero-order valence-corrected chi connectivity index (χ0v) is 11.5. The Hall–Kier alpha value is -1.53. The van der Waals surface area contributed by atoms with Crippen LogP contribution in [0.5, 0.6) is 5.75 Å². The number of hydrogen-bond acceptors (Lipinski definition) is 5. The van der Waals surface area contributed by atoms with Crippen LogP contribution in [0.15, 0.2) is 33.6 Å². The second-order valence-electron chi connectivity index (χ2n) is 3.73. The number of rotatable bonds is 1.